The van der Waals surface area contributed by atoms with Crippen LogP contribution in [-0.2, 0) is 10.5 Å². The molecule has 7 nitrogen and oxygen atoms in total. The molecule has 40 heavy (non-hydrogen) atoms. The Labute approximate surface area is 240 Å². The first-order chi connectivity index (χ1) is 19.4. The Bertz CT molecular complexity index is 1510. The Morgan fingerprint density at radius 1 is 1.02 bits per heavy atom. The van der Waals surface area contributed by atoms with E-state index in [0.717, 1.165) is 52.4 Å². The molecular formula is C32H35N5O2S. The van der Waals surface area contributed by atoms with Crippen LogP contribution >= 0.6 is 11.8 Å². The maximum Gasteiger partial charge on any atom is 0.255 e. The van der Waals surface area contributed by atoms with E-state index in [1.807, 2.05) is 86.1 Å². The highest BCUT2D eigenvalue weighted by molar-refractivity contribution is 7.98. The molecule has 1 aliphatic rings. The molecule has 1 atom stereocenters. The van der Waals surface area contributed by atoms with Gasteiger partial charge in [-0.25, -0.2) is 4.68 Å². The van der Waals surface area contributed by atoms with Crippen molar-refractivity contribution in [2.45, 2.75) is 57.5 Å². The summed E-state index contributed by atoms with van der Waals surface area (Å²) in [5.41, 5.74) is 6.44. The lowest BCUT2D eigenvalue weighted by molar-refractivity contribution is -0.113. The monoisotopic (exact) mass is 553 g/mol. The molecule has 1 amide bonds. The van der Waals surface area contributed by atoms with Crippen LogP contribution in [0, 0.1) is 13.8 Å². The van der Waals surface area contributed by atoms with Gasteiger partial charge in [0.1, 0.15) is 11.8 Å². The Kier molecular flexibility index (Phi) is 8.55. The number of nitrogens with one attached hydrogen (secondary N) is 2. The quantitative estimate of drug-likeness (QED) is 0.159. The Hall–Kier alpha value is -4.04. The second-order valence-corrected chi connectivity index (χ2v) is 10.9. The van der Waals surface area contributed by atoms with Gasteiger partial charge in [0, 0.05) is 17.1 Å². The van der Waals surface area contributed by atoms with Crippen LogP contribution in [0.4, 0.5) is 11.6 Å². The molecule has 8 heteroatoms. The molecule has 0 fully saturated rings. The number of amides is 1. The average Bonchev–Trinajstić information content (AvgIpc) is 3.37. The Balaban J connectivity index is 1.48. The number of rotatable bonds is 10. The highest BCUT2D eigenvalue weighted by atomic mass is 32.2. The summed E-state index contributed by atoms with van der Waals surface area (Å²) in [6, 6.07) is 23.7. The molecule has 4 aromatic rings. The zero-order valence-corrected chi connectivity index (χ0v) is 24.2. The molecule has 2 N–H and O–H groups in total. The summed E-state index contributed by atoms with van der Waals surface area (Å²) >= 11 is 1.57. The molecule has 1 aromatic heterocycles. The summed E-state index contributed by atoms with van der Waals surface area (Å²) in [4.78, 5) is 18.7. The van der Waals surface area contributed by atoms with Gasteiger partial charge in [0.15, 0.2) is 0 Å². The van der Waals surface area contributed by atoms with Crippen molar-refractivity contribution < 1.29 is 9.53 Å². The summed E-state index contributed by atoms with van der Waals surface area (Å²) in [5, 5.41) is 12.0. The zero-order chi connectivity index (χ0) is 28.1. The number of unbranched alkanes of at least 4 members (excludes halogenated alkanes) is 1. The maximum atomic E-state index is 13.9. The Morgan fingerprint density at radius 3 is 2.55 bits per heavy atom. The second-order valence-electron chi connectivity index (χ2n) is 9.98. The van der Waals surface area contributed by atoms with Gasteiger partial charge in [0.05, 0.1) is 12.2 Å². The number of aryl methyl sites for hydroxylation is 1. The second kappa shape index (κ2) is 12.4. The molecule has 0 aliphatic carbocycles. The number of carbonyl (C=O) groups is 1. The number of fused-ring (bicyclic) bond motifs is 1. The molecule has 2 heterocycles. The normalized spacial score (nSPS) is 14.4. The first-order valence-corrected chi connectivity index (χ1v) is 14.6. The Morgan fingerprint density at radius 2 is 1.80 bits per heavy atom. The van der Waals surface area contributed by atoms with Crippen LogP contribution in [0.15, 0.2) is 89.2 Å². The van der Waals surface area contributed by atoms with Gasteiger partial charge in [-0.3, -0.25) is 4.79 Å². The molecular weight excluding hydrogens is 518 g/mol. The van der Waals surface area contributed by atoms with Crippen molar-refractivity contribution in [3.8, 4) is 5.75 Å². The maximum absolute atomic E-state index is 13.9. The SMILES string of the molecule is CCCCOc1ccc(C2C(C(=O)Nc3cccc(C)c3C)=C(C)Nc3nc(SCc4ccccc4)nn32)cc1. The molecule has 206 valence electrons. The summed E-state index contributed by atoms with van der Waals surface area (Å²) in [5.74, 6) is 2.01. The molecule has 1 unspecified atom stereocenters. The zero-order valence-electron chi connectivity index (χ0n) is 23.4. The fraction of sp³-hybridized carbons (Fsp3) is 0.281. The minimum atomic E-state index is -0.454. The van der Waals surface area contributed by atoms with Crippen LogP contribution in [0.1, 0.15) is 55.0 Å². The van der Waals surface area contributed by atoms with Crippen molar-refractivity contribution >= 4 is 29.3 Å². The van der Waals surface area contributed by atoms with Crippen molar-refractivity contribution in [1.82, 2.24) is 14.8 Å². The number of hydrogen-bond acceptors (Lipinski definition) is 6. The highest BCUT2D eigenvalue weighted by Crippen LogP contribution is 2.38. The van der Waals surface area contributed by atoms with Crippen LogP contribution in [0.2, 0.25) is 0 Å². The summed E-state index contributed by atoms with van der Waals surface area (Å²) in [7, 11) is 0. The summed E-state index contributed by atoms with van der Waals surface area (Å²) in [6.45, 7) is 8.81. The van der Waals surface area contributed by atoms with E-state index in [2.05, 4.69) is 29.7 Å². The number of allylic oxidation sites excluding steroid dienone is 1. The minimum absolute atomic E-state index is 0.174. The van der Waals surface area contributed by atoms with Crippen LogP contribution in [0.3, 0.4) is 0 Å². The molecule has 0 radical (unpaired) electrons. The van der Waals surface area contributed by atoms with Crippen LogP contribution in [0.25, 0.3) is 0 Å². The van der Waals surface area contributed by atoms with E-state index in [1.165, 1.54) is 5.56 Å². The van der Waals surface area contributed by atoms with E-state index in [-0.39, 0.29) is 5.91 Å². The largest absolute Gasteiger partial charge is 0.494 e. The van der Waals surface area contributed by atoms with Crippen molar-refractivity contribution in [3.63, 3.8) is 0 Å². The van der Waals surface area contributed by atoms with E-state index in [1.54, 1.807) is 11.8 Å². The molecule has 1 aliphatic heterocycles. The summed E-state index contributed by atoms with van der Waals surface area (Å²) < 4.78 is 7.72. The van der Waals surface area contributed by atoms with Crippen molar-refractivity contribution in [1.29, 1.82) is 0 Å². The van der Waals surface area contributed by atoms with Gasteiger partial charge in [-0.2, -0.15) is 4.98 Å². The fourth-order valence-corrected chi connectivity index (χ4v) is 5.46. The van der Waals surface area contributed by atoms with Gasteiger partial charge in [-0.1, -0.05) is 79.7 Å². The topological polar surface area (TPSA) is 81.1 Å². The molecule has 0 spiro atoms. The molecule has 0 bridgehead atoms. The summed E-state index contributed by atoms with van der Waals surface area (Å²) in [6.07, 6.45) is 2.09. The fourth-order valence-electron chi connectivity index (χ4n) is 4.67. The van der Waals surface area contributed by atoms with Crippen molar-refractivity contribution in [3.05, 3.63) is 106 Å². The third-order valence-corrected chi connectivity index (χ3v) is 8.01. The number of thioether (sulfide) groups is 1. The number of hydrogen-bond donors (Lipinski definition) is 2. The van der Waals surface area contributed by atoms with E-state index >= 15 is 0 Å². The first kappa shape index (κ1) is 27.5. The lowest BCUT2D eigenvalue weighted by Crippen LogP contribution is -2.31. The van der Waals surface area contributed by atoms with Gasteiger partial charge in [0.2, 0.25) is 11.1 Å². The molecule has 5 rings (SSSR count). The number of nitrogens with zero attached hydrogens (tertiary/aromatic N) is 3. The average molecular weight is 554 g/mol. The number of aromatic nitrogens is 3. The van der Waals surface area contributed by atoms with E-state index in [4.69, 9.17) is 14.8 Å². The number of benzene rings is 3. The number of anilines is 2. The third kappa shape index (κ3) is 6.07. The lowest BCUT2D eigenvalue weighted by atomic mass is 9.94. The van der Waals surface area contributed by atoms with Crippen LogP contribution in [-0.4, -0.2) is 27.3 Å². The van der Waals surface area contributed by atoms with Crippen molar-refractivity contribution in [2.24, 2.45) is 0 Å². The van der Waals surface area contributed by atoms with Gasteiger partial charge >= 0.3 is 0 Å². The highest BCUT2D eigenvalue weighted by Gasteiger charge is 2.34. The first-order valence-electron chi connectivity index (χ1n) is 13.7. The molecule has 0 saturated carbocycles. The predicted octanol–water partition coefficient (Wildman–Crippen LogP) is 7.29. The van der Waals surface area contributed by atoms with Gasteiger partial charge in [-0.15, -0.1) is 5.10 Å². The van der Waals surface area contributed by atoms with E-state index in [0.29, 0.717) is 23.3 Å². The van der Waals surface area contributed by atoms with Crippen LogP contribution < -0.4 is 15.4 Å². The van der Waals surface area contributed by atoms with E-state index in [9.17, 15) is 4.79 Å². The standard InChI is InChI=1S/C32H35N5O2S/c1-5-6-19-39-26-17-15-25(16-18-26)29-28(30(38)34-27-14-10-11-21(2)22(27)3)23(4)33-31-35-32(36-37(29)31)40-20-24-12-8-7-9-13-24/h7-18,29H,5-6,19-20H2,1-4H3,(H,34,38)(H,33,35,36). The van der Waals surface area contributed by atoms with Crippen LogP contribution in [0.5, 0.6) is 5.75 Å². The smallest absolute Gasteiger partial charge is 0.255 e. The number of carbonyl (C=O) groups excluding carboxylic acids is 1. The van der Waals surface area contributed by atoms with E-state index < -0.39 is 6.04 Å². The third-order valence-electron chi connectivity index (χ3n) is 7.10. The molecule has 3 aromatic carbocycles. The van der Waals surface area contributed by atoms with Gasteiger partial charge < -0.3 is 15.4 Å². The van der Waals surface area contributed by atoms with Crippen molar-refractivity contribution in [2.75, 3.05) is 17.2 Å². The van der Waals surface area contributed by atoms with Gasteiger partial charge in [0.25, 0.3) is 5.91 Å². The lowest BCUT2D eigenvalue weighted by Gasteiger charge is -2.29. The number of ether oxygens (including phenoxy) is 1. The molecule has 0 saturated heterocycles. The van der Waals surface area contributed by atoms with Gasteiger partial charge in [-0.05, 0) is 67.6 Å². The minimum Gasteiger partial charge on any atom is -0.494 e. The predicted molar refractivity (Wildman–Crippen MR) is 162 cm³/mol.